The molecular weight excluding hydrogens is 236 g/mol. The van der Waals surface area contributed by atoms with Gasteiger partial charge in [-0.15, -0.1) is 0 Å². The first-order valence-corrected chi connectivity index (χ1v) is 6.11. The predicted octanol–water partition coefficient (Wildman–Crippen LogP) is 4.04. The zero-order chi connectivity index (χ0) is 12.7. The first kappa shape index (κ1) is 10.3. The molecule has 0 aliphatic rings. The van der Waals surface area contributed by atoms with Gasteiger partial charge in [0.05, 0.1) is 5.39 Å². The molecule has 0 saturated heterocycles. The van der Waals surface area contributed by atoms with E-state index in [4.69, 9.17) is 4.42 Å². The molecule has 0 fully saturated rings. The number of aromatic nitrogens is 2. The van der Waals surface area contributed by atoms with Crippen molar-refractivity contribution in [3.8, 4) is 11.4 Å². The fraction of sp³-hybridized carbons (Fsp3) is 0. The van der Waals surface area contributed by atoms with Crippen molar-refractivity contribution in [1.29, 1.82) is 0 Å². The summed E-state index contributed by atoms with van der Waals surface area (Å²) in [6.07, 6.45) is 1.83. The van der Waals surface area contributed by atoms with Crippen LogP contribution in [0.5, 0.6) is 0 Å². The zero-order valence-corrected chi connectivity index (χ0v) is 10.1. The van der Waals surface area contributed by atoms with E-state index >= 15 is 0 Å². The summed E-state index contributed by atoms with van der Waals surface area (Å²) in [5.41, 5.74) is 2.47. The Bertz CT molecular complexity index is 866. The number of furan rings is 1. The molecule has 2 aromatic heterocycles. The normalized spacial score (nSPS) is 11.2. The molecule has 4 rings (SSSR count). The quantitative estimate of drug-likeness (QED) is 0.508. The van der Waals surface area contributed by atoms with Crippen LogP contribution < -0.4 is 0 Å². The largest absolute Gasteiger partial charge is 0.438 e. The van der Waals surface area contributed by atoms with Crippen LogP contribution in [0.15, 0.2) is 65.2 Å². The molecular formula is C16H10N2O. The summed E-state index contributed by atoms with van der Waals surface area (Å²) in [6.45, 7) is 0. The second-order valence-corrected chi connectivity index (χ2v) is 4.38. The maximum Gasteiger partial charge on any atom is 0.230 e. The third-order valence-electron chi connectivity index (χ3n) is 3.17. The molecule has 0 aliphatic carbocycles. The standard InChI is InChI=1S/C16H10N2O/c1-2-6-11(7-3-1)15-17-10-13-12-8-4-5-9-14(12)19-16(13)18-15/h1-10H. The third kappa shape index (κ3) is 1.59. The summed E-state index contributed by atoms with van der Waals surface area (Å²) < 4.78 is 5.76. The van der Waals surface area contributed by atoms with Crippen LogP contribution in [0.25, 0.3) is 33.5 Å². The minimum absolute atomic E-state index is 0.634. The van der Waals surface area contributed by atoms with Gasteiger partial charge in [-0.2, -0.15) is 4.98 Å². The molecule has 90 valence electrons. The van der Waals surface area contributed by atoms with E-state index in [1.54, 1.807) is 0 Å². The topological polar surface area (TPSA) is 38.9 Å². The lowest BCUT2D eigenvalue weighted by Crippen LogP contribution is -1.87. The molecule has 0 N–H and O–H groups in total. The van der Waals surface area contributed by atoms with E-state index in [0.29, 0.717) is 11.5 Å². The summed E-state index contributed by atoms with van der Waals surface area (Å²) in [5.74, 6) is 0.687. The smallest absolute Gasteiger partial charge is 0.230 e. The Labute approximate surface area is 109 Å². The van der Waals surface area contributed by atoms with Gasteiger partial charge >= 0.3 is 0 Å². The van der Waals surface area contributed by atoms with E-state index in [1.165, 1.54) is 0 Å². The molecule has 0 aliphatic heterocycles. The summed E-state index contributed by atoms with van der Waals surface area (Å²) >= 11 is 0. The van der Waals surface area contributed by atoms with Crippen LogP contribution in [-0.4, -0.2) is 9.97 Å². The number of hydrogen-bond donors (Lipinski definition) is 0. The van der Waals surface area contributed by atoms with Gasteiger partial charge in [0.1, 0.15) is 5.58 Å². The van der Waals surface area contributed by atoms with Crippen LogP contribution in [0.2, 0.25) is 0 Å². The highest BCUT2D eigenvalue weighted by Gasteiger charge is 2.09. The minimum Gasteiger partial charge on any atom is -0.438 e. The first-order valence-electron chi connectivity index (χ1n) is 6.11. The number of hydrogen-bond acceptors (Lipinski definition) is 3. The fourth-order valence-corrected chi connectivity index (χ4v) is 2.24. The molecule has 3 heteroatoms. The Morgan fingerprint density at radius 3 is 2.47 bits per heavy atom. The number of rotatable bonds is 1. The van der Waals surface area contributed by atoms with Gasteiger partial charge in [0.15, 0.2) is 5.82 Å². The number of benzene rings is 2. The van der Waals surface area contributed by atoms with Gasteiger partial charge in [0.2, 0.25) is 5.71 Å². The van der Waals surface area contributed by atoms with E-state index in [1.807, 2.05) is 60.8 Å². The summed E-state index contributed by atoms with van der Waals surface area (Å²) in [4.78, 5) is 8.93. The van der Waals surface area contributed by atoms with Crippen molar-refractivity contribution in [2.24, 2.45) is 0 Å². The van der Waals surface area contributed by atoms with Crippen LogP contribution in [0.3, 0.4) is 0 Å². The van der Waals surface area contributed by atoms with Gasteiger partial charge in [-0.25, -0.2) is 4.98 Å². The molecule has 2 aromatic carbocycles. The van der Waals surface area contributed by atoms with Gasteiger partial charge < -0.3 is 4.42 Å². The van der Waals surface area contributed by atoms with Crippen molar-refractivity contribution in [1.82, 2.24) is 9.97 Å². The van der Waals surface area contributed by atoms with Gasteiger partial charge in [0.25, 0.3) is 0 Å². The SMILES string of the molecule is c1ccc(-c2ncc3c(n2)oc2ccccc23)cc1. The molecule has 0 radical (unpaired) electrons. The van der Waals surface area contributed by atoms with Crippen molar-refractivity contribution in [2.75, 3.05) is 0 Å². The lowest BCUT2D eigenvalue weighted by atomic mass is 10.2. The number of fused-ring (bicyclic) bond motifs is 3. The monoisotopic (exact) mass is 246 g/mol. The molecule has 0 amide bonds. The number of nitrogens with zero attached hydrogens (tertiary/aromatic N) is 2. The van der Waals surface area contributed by atoms with Crippen molar-refractivity contribution >= 4 is 22.1 Å². The molecule has 0 bridgehead atoms. The Morgan fingerprint density at radius 2 is 1.58 bits per heavy atom. The van der Waals surface area contributed by atoms with E-state index in [-0.39, 0.29) is 0 Å². The lowest BCUT2D eigenvalue weighted by molar-refractivity contribution is 0.653. The first-order chi connectivity index (χ1) is 9.42. The molecule has 3 nitrogen and oxygen atoms in total. The molecule has 4 aromatic rings. The average molecular weight is 246 g/mol. The minimum atomic E-state index is 0.634. The molecule has 0 spiro atoms. The molecule has 0 atom stereocenters. The van der Waals surface area contributed by atoms with E-state index < -0.39 is 0 Å². The summed E-state index contributed by atoms with van der Waals surface area (Å²) in [7, 11) is 0. The maximum atomic E-state index is 5.76. The van der Waals surface area contributed by atoms with Crippen molar-refractivity contribution in [3.63, 3.8) is 0 Å². The Hall–Kier alpha value is -2.68. The summed E-state index contributed by atoms with van der Waals surface area (Å²) in [5, 5.41) is 2.01. The highest BCUT2D eigenvalue weighted by atomic mass is 16.3. The zero-order valence-electron chi connectivity index (χ0n) is 10.1. The van der Waals surface area contributed by atoms with Crippen LogP contribution in [-0.2, 0) is 0 Å². The van der Waals surface area contributed by atoms with Crippen LogP contribution >= 0.6 is 0 Å². The predicted molar refractivity (Wildman–Crippen MR) is 74.7 cm³/mol. The highest BCUT2D eigenvalue weighted by Crippen LogP contribution is 2.27. The van der Waals surface area contributed by atoms with Crippen LogP contribution in [0, 0.1) is 0 Å². The van der Waals surface area contributed by atoms with Gasteiger partial charge in [0, 0.05) is 17.1 Å². The fourth-order valence-electron chi connectivity index (χ4n) is 2.24. The maximum absolute atomic E-state index is 5.76. The molecule has 0 saturated carbocycles. The number of para-hydroxylation sites is 1. The molecule has 0 unspecified atom stereocenters. The average Bonchev–Trinajstić information content (AvgIpc) is 2.86. The van der Waals surface area contributed by atoms with Crippen LogP contribution in [0.1, 0.15) is 0 Å². The van der Waals surface area contributed by atoms with Crippen LogP contribution in [0.4, 0.5) is 0 Å². The third-order valence-corrected chi connectivity index (χ3v) is 3.17. The van der Waals surface area contributed by atoms with Crippen molar-refractivity contribution < 1.29 is 4.42 Å². The Balaban J connectivity index is 1.99. The Morgan fingerprint density at radius 1 is 0.789 bits per heavy atom. The van der Waals surface area contributed by atoms with E-state index in [9.17, 15) is 0 Å². The highest BCUT2D eigenvalue weighted by molar-refractivity contribution is 6.03. The second-order valence-electron chi connectivity index (χ2n) is 4.38. The van der Waals surface area contributed by atoms with Gasteiger partial charge in [-0.1, -0.05) is 48.5 Å². The van der Waals surface area contributed by atoms with Crippen molar-refractivity contribution in [3.05, 3.63) is 60.8 Å². The van der Waals surface area contributed by atoms with Crippen molar-refractivity contribution in [2.45, 2.75) is 0 Å². The van der Waals surface area contributed by atoms with E-state index in [0.717, 1.165) is 21.9 Å². The summed E-state index contributed by atoms with van der Waals surface area (Å²) in [6, 6.07) is 17.8. The Kier molecular flexibility index (Phi) is 2.12. The lowest BCUT2D eigenvalue weighted by Gasteiger charge is -1.98. The van der Waals surface area contributed by atoms with Gasteiger partial charge in [-0.3, -0.25) is 0 Å². The second kappa shape index (κ2) is 3.92. The molecule has 19 heavy (non-hydrogen) atoms. The molecule has 2 heterocycles. The van der Waals surface area contributed by atoms with Gasteiger partial charge in [-0.05, 0) is 6.07 Å². The van der Waals surface area contributed by atoms with E-state index in [2.05, 4.69) is 9.97 Å².